The number of aromatic nitrogens is 2. The number of hydrogen-bond donors (Lipinski definition) is 2. The number of nitrogens with zero attached hydrogens (tertiary/aromatic N) is 2. The Bertz CT molecular complexity index is 846. The molecule has 1 aromatic heterocycles. The molecule has 0 spiro atoms. The minimum atomic E-state index is -3.74. The summed E-state index contributed by atoms with van der Waals surface area (Å²) in [6.45, 7) is 3.53. The lowest BCUT2D eigenvalue weighted by Crippen LogP contribution is -2.16. The maximum absolute atomic E-state index is 12.6. The van der Waals surface area contributed by atoms with E-state index in [1.807, 2.05) is 0 Å². The van der Waals surface area contributed by atoms with E-state index in [4.69, 9.17) is 4.74 Å². The van der Waals surface area contributed by atoms with E-state index in [9.17, 15) is 8.42 Å². The van der Waals surface area contributed by atoms with Crippen LogP contribution in [0.5, 0.6) is 5.75 Å². The molecule has 0 unspecified atom stereocenters. The number of sulfonamides is 1. The van der Waals surface area contributed by atoms with Crippen LogP contribution < -0.4 is 14.8 Å². The Balaban J connectivity index is 1.81. The van der Waals surface area contributed by atoms with Crippen molar-refractivity contribution in [2.45, 2.75) is 37.6 Å². The van der Waals surface area contributed by atoms with Crippen LogP contribution in [0.4, 0.5) is 11.6 Å². The summed E-state index contributed by atoms with van der Waals surface area (Å²) in [5.74, 6) is 1.49. The standard InChI is InChI=1S/C16H20N4O3S/c1-10-9-14(11(2)8-13(10)23-3)24(21,22)20-16-7-6-15(18-19-16)17-12-4-5-12/h6-9,12H,4-5H2,1-3H3,(H,17,18)(H,19,20). The first-order valence-corrected chi connectivity index (χ1v) is 9.15. The third kappa shape index (κ3) is 3.59. The normalized spacial score (nSPS) is 14.3. The van der Waals surface area contributed by atoms with Crippen LogP contribution in [-0.2, 0) is 10.0 Å². The monoisotopic (exact) mass is 348 g/mol. The summed E-state index contributed by atoms with van der Waals surface area (Å²) in [6.07, 6.45) is 2.26. The van der Waals surface area contributed by atoms with Crippen LogP contribution in [0.25, 0.3) is 0 Å². The largest absolute Gasteiger partial charge is 0.496 e. The fourth-order valence-corrected chi connectivity index (χ4v) is 3.67. The van der Waals surface area contributed by atoms with Gasteiger partial charge in [0, 0.05) is 6.04 Å². The van der Waals surface area contributed by atoms with Gasteiger partial charge in [-0.25, -0.2) is 8.42 Å². The van der Waals surface area contributed by atoms with Crippen LogP contribution in [0.2, 0.25) is 0 Å². The summed E-state index contributed by atoms with van der Waals surface area (Å²) in [5.41, 5.74) is 1.35. The number of rotatable bonds is 6. The van der Waals surface area contributed by atoms with Gasteiger partial charge < -0.3 is 10.1 Å². The molecule has 8 heteroatoms. The Morgan fingerprint density at radius 3 is 2.33 bits per heavy atom. The SMILES string of the molecule is COc1cc(C)c(S(=O)(=O)Nc2ccc(NC3CC3)nn2)cc1C. The zero-order chi connectivity index (χ0) is 17.3. The van der Waals surface area contributed by atoms with Crippen molar-refractivity contribution in [2.75, 3.05) is 17.1 Å². The summed E-state index contributed by atoms with van der Waals surface area (Å²) in [5, 5.41) is 11.1. The summed E-state index contributed by atoms with van der Waals surface area (Å²) in [6, 6.07) is 7.08. The molecule has 2 aromatic rings. The number of benzene rings is 1. The Kier molecular flexibility index (Phi) is 4.31. The molecule has 0 aliphatic heterocycles. The predicted octanol–water partition coefficient (Wildman–Crippen LogP) is 2.48. The maximum Gasteiger partial charge on any atom is 0.263 e. The van der Waals surface area contributed by atoms with Gasteiger partial charge in [0.25, 0.3) is 10.0 Å². The van der Waals surface area contributed by atoms with Gasteiger partial charge in [0.05, 0.1) is 12.0 Å². The Morgan fingerprint density at radius 2 is 1.75 bits per heavy atom. The molecule has 1 aliphatic rings. The minimum absolute atomic E-state index is 0.184. The van der Waals surface area contributed by atoms with Gasteiger partial charge in [0.15, 0.2) is 5.82 Å². The van der Waals surface area contributed by atoms with E-state index in [1.165, 1.54) is 0 Å². The third-order valence-corrected chi connectivity index (χ3v) is 5.31. The molecular weight excluding hydrogens is 328 g/mol. The van der Waals surface area contributed by atoms with E-state index in [1.54, 1.807) is 45.2 Å². The van der Waals surface area contributed by atoms with Gasteiger partial charge in [0.1, 0.15) is 11.6 Å². The molecule has 1 heterocycles. The van der Waals surface area contributed by atoms with Crippen LogP contribution in [0.3, 0.4) is 0 Å². The number of methoxy groups -OCH3 is 1. The third-order valence-electron chi connectivity index (χ3n) is 3.81. The molecule has 2 N–H and O–H groups in total. The van der Waals surface area contributed by atoms with Crippen LogP contribution >= 0.6 is 0 Å². The maximum atomic E-state index is 12.6. The van der Waals surface area contributed by atoms with E-state index in [2.05, 4.69) is 20.2 Å². The fraction of sp³-hybridized carbons (Fsp3) is 0.375. The summed E-state index contributed by atoms with van der Waals surface area (Å²) in [7, 11) is -2.19. The Hall–Kier alpha value is -2.35. The molecule has 0 saturated heterocycles. The Labute approximate surface area is 141 Å². The quantitative estimate of drug-likeness (QED) is 0.833. The van der Waals surface area contributed by atoms with Gasteiger partial charge in [0.2, 0.25) is 0 Å². The first-order valence-electron chi connectivity index (χ1n) is 7.67. The first-order chi connectivity index (χ1) is 11.4. The number of anilines is 2. The van der Waals surface area contributed by atoms with E-state index in [0.29, 0.717) is 23.2 Å². The van der Waals surface area contributed by atoms with Gasteiger partial charge >= 0.3 is 0 Å². The lowest BCUT2D eigenvalue weighted by atomic mass is 10.1. The molecule has 0 amide bonds. The molecule has 3 rings (SSSR count). The molecule has 1 aromatic carbocycles. The van der Waals surface area contributed by atoms with E-state index in [0.717, 1.165) is 18.4 Å². The van der Waals surface area contributed by atoms with Crippen molar-refractivity contribution in [3.05, 3.63) is 35.4 Å². The molecule has 24 heavy (non-hydrogen) atoms. The predicted molar refractivity (Wildman–Crippen MR) is 92.0 cm³/mol. The van der Waals surface area contributed by atoms with Gasteiger partial charge in [-0.3, -0.25) is 4.72 Å². The fourth-order valence-electron chi connectivity index (χ4n) is 2.37. The topological polar surface area (TPSA) is 93.2 Å². The highest BCUT2D eigenvalue weighted by Gasteiger charge is 2.22. The van der Waals surface area contributed by atoms with Gasteiger partial charge in [-0.2, -0.15) is 0 Å². The average molecular weight is 348 g/mol. The second-order valence-electron chi connectivity index (χ2n) is 5.92. The van der Waals surface area contributed by atoms with Crippen molar-refractivity contribution in [2.24, 2.45) is 0 Å². The van der Waals surface area contributed by atoms with Gasteiger partial charge in [-0.15, -0.1) is 10.2 Å². The van der Waals surface area contributed by atoms with Crippen molar-refractivity contribution >= 4 is 21.7 Å². The first kappa shape index (κ1) is 16.5. The van der Waals surface area contributed by atoms with Crippen molar-refractivity contribution < 1.29 is 13.2 Å². The second-order valence-corrected chi connectivity index (χ2v) is 7.57. The summed E-state index contributed by atoms with van der Waals surface area (Å²) < 4.78 is 32.9. The van der Waals surface area contributed by atoms with E-state index in [-0.39, 0.29) is 10.7 Å². The highest BCUT2D eigenvalue weighted by molar-refractivity contribution is 7.92. The Morgan fingerprint density at radius 1 is 1.08 bits per heavy atom. The summed E-state index contributed by atoms with van der Waals surface area (Å²) >= 11 is 0. The molecule has 1 fully saturated rings. The highest BCUT2D eigenvalue weighted by Crippen LogP contribution is 2.27. The molecule has 0 atom stereocenters. The lowest BCUT2D eigenvalue weighted by molar-refractivity contribution is 0.411. The van der Waals surface area contributed by atoms with Crippen molar-refractivity contribution in [3.8, 4) is 5.75 Å². The number of aryl methyl sites for hydroxylation is 2. The number of nitrogens with one attached hydrogen (secondary N) is 2. The van der Waals surface area contributed by atoms with Crippen LogP contribution in [-0.4, -0.2) is 31.8 Å². The molecular formula is C16H20N4O3S. The van der Waals surface area contributed by atoms with Crippen LogP contribution in [0, 0.1) is 13.8 Å². The molecule has 128 valence electrons. The molecule has 1 saturated carbocycles. The van der Waals surface area contributed by atoms with Gasteiger partial charge in [-0.05, 0) is 62.1 Å². The molecule has 7 nitrogen and oxygen atoms in total. The minimum Gasteiger partial charge on any atom is -0.496 e. The highest BCUT2D eigenvalue weighted by atomic mass is 32.2. The smallest absolute Gasteiger partial charge is 0.263 e. The average Bonchev–Trinajstić information content (AvgIpc) is 3.34. The van der Waals surface area contributed by atoms with E-state index >= 15 is 0 Å². The van der Waals surface area contributed by atoms with Crippen LogP contribution in [0.15, 0.2) is 29.2 Å². The molecule has 1 aliphatic carbocycles. The van der Waals surface area contributed by atoms with Gasteiger partial charge in [-0.1, -0.05) is 0 Å². The van der Waals surface area contributed by atoms with Crippen molar-refractivity contribution in [1.29, 1.82) is 0 Å². The molecule has 0 bridgehead atoms. The van der Waals surface area contributed by atoms with Crippen LogP contribution in [0.1, 0.15) is 24.0 Å². The zero-order valence-electron chi connectivity index (χ0n) is 13.8. The lowest BCUT2D eigenvalue weighted by Gasteiger charge is -2.13. The molecule has 0 radical (unpaired) electrons. The van der Waals surface area contributed by atoms with E-state index < -0.39 is 10.0 Å². The second kappa shape index (κ2) is 6.27. The van der Waals surface area contributed by atoms with Crippen molar-refractivity contribution in [3.63, 3.8) is 0 Å². The summed E-state index contributed by atoms with van der Waals surface area (Å²) in [4.78, 5) is 0.197. The van der Waals surface area contributed by atoms with Crippen molar-refractivity contribution in [1.82, 2.24) is 10.2 Å². The number of ether oxygens (including phenoxy) is 1. The zero-order valence-corrected chi connectivity index (χ0v) is 14.6. The number of hydrogen-bond acceptors (Lipinski definition) is 6.